The molecule has 0 aromatic heterocycles. The molecule has 1 aliphatic heterocycles. The number of benzene rings is 2. The van der Waals surface area contributed by atoms with Crippen molar-refractivity contribution in [2.75, 3.05) is 16.8 Å². The largest absolute Gasteiger partial charge is 0.452 e. The van der Waals surface area contributed by atoms with Crippen LogP contribution in [0.15, 0.2) is 54.1 Å². The van der Waals surface area contributed by atoms with E-state index in [0.29, 0.717) is 5.69 Å². The maximum absolute atomic E-state index is 13.2. The summed E-state index contributed by atoms with van der Waals surface area (Å²) in [6.45, 7) is 5.62. The van der Waals surface area contributed by atoms with Gasteiger partial charge in [-0.3, -0.25) is 14.4 Å². The number of imide groups is 1. The van der Waals surface area contributed by atoms with Crippen molar-refractivity contribution in [1.29, 1.82) is 0 Å². The van der Waals surface area contributed by atoms with Gasteiger partial charge in [-0.15, -0.1) is 0 Å². The van der Waals surface area contributed by atoms with Gasteiger partial charge in [-0.2, -0.15) is 0 Å². The Kier molecular flexibility index (Phi) is 6.24. The maximum Gasteiger partial charge on any atom is 0.338 e. The highest BCUT2D eigenvalue weighted by Gasteiger charge is 2.60. The number of para-hydroxylation sites is 1. The first kappa shape index (κ1) is 24.0. The highest BCUT2D eigenvalue weighted by Crippen LogP contribution is 2.55. The second kappa shape index (κ2) is 9.37. The van der Waals surface area contributed by atoms with Crippen LogP contribution in [0.1, 0.15) is 48.7 Å². The molecule has 7 heteroatoms. The average molecular weight is 487 g/mol. The molecule has 3 amide bonds. The molecule has 0 spiro atoms. The minimum atomic E-state index is -0.691. The molecule has 2 aliphatic carbocycles. The fourth-order valence-corrected chi connectivity index (χ4v) is 6.09. The Morgan fingerprint density at radius 3 is 2.36 bits per heavy atom. The van der Waals surface area contributed by atoms with Crippen LogP contribution in [0.4, 0.5) is 11.4 Å². The number of rotatable bonds is 7. The number of nitrogens with one attached hydrogen (secondary N) is 1. The molecule has 36 heavy (non-hydrogen) atoms. The molecule has 2 fully saturated rings. The van der Waals surface area contributed by atoms with E-state index < -0.39 is 18.5 Å². The quantitative estimate of drug-likeness (QED) is 0.358. The van der Waals surface area contributed by atoms with Gasteiger partial charge in [-0.25, -0.2) is 9.69 Å². The number of fused-ring (bicyclic) bond motifs is 5. The Morgan fingerprint density at radius 2 is 1.67 bits per heavy atom. The fourth-order valence-electron chi connectivity index (χ4n) is 6.09. The summed E-state index contributed by atoms with van der Waals surface area (Å²) in [5, 5.41) is 2.88. The summed E-state index contributed by atoms with van der Waals surface area (Å²) in [6, 6.07) is 12.2. The number of nitrogens with zero attached hydrogens (tertiary/aromatic N) is 1. The monoisotopic (exact) mass is 486 g/mol. The van der Waals surface area contributed by atoms with Crippen LogP contribution < -0.4 is 10.2 Å². The third kappa shape index (κ3) is 3.92. The van der Waals surface area contributed by atoms with Gasteiger partial charge < -0.3 is 10.1 Å². The summed E-state index contributed by atoms with van der Waals surface area (Å²) in [4.78, 5) is 52.9. The number of carbonyl (C=O) groups excluding carboxylic acids is 4. The van der Waals surface area contributed by atoms with Crippen molar-refractivity contribution in [3.8, 4) is 0 Å². The molecule has 4 atom stereocenters. The Labute approximate surface area is 210 Å². The minimum Gasteiger partial charge on any atom is -0.452 e. The number of hydrogen-bond acceptors (Lipinski definition) is 5. The van der Waals surface area contributed by atoms with Crippen LogP contribution in [0, 0.1) is 23.7 Å². The molecule has 186 valence electrons. The Bertz CT molecular complexity index is 1270. The number of aryl methyl sites for hydroxylation is 2. The molecule has 2 aromatic carbocycles. The number of esters is 1. The van der Waals surface area contributed by atoms with Gasteiger partial charge in [0.2, 0.25) is 11.8 Å². The lowest BCUT2D eigenvalue weighted by atomic mass is 9.82. The van der Waals surface area contributed by atoms with Crippen LogP contribution in [0.3, 0.4) is 0 Å². The van der Waals surface area contributed by atoms with Gasteiger partial charge >= 0.3 is 5.97 Å². The first-order chi connectivity index (χ1) is 17.3. The van der Waals surface area contributed by atoms with E-state index >= 15 is 0 Å². The van der Waals surface area contributed by atoms with Crippen molar-refractivity contribution < 1.29 is 23.9 Å². The minimum absolute atomic E-state index is 0.110. The highest BCUT2D eigenvalue weighted by atomic mass is 16.5. The van der Waals surface area contributed by atoms with Crippen molar-refractivity contribution >= 4 is 35.1 Å². The standard InChI is InChI=1S/C29H30N2O5/c1-4-17-8-6-9-18(5-2)26(17)30-23(32)15-36-29(35)19-10-7-11-21(13-19)31-27(33)24-20-12-16(3)22(14-20)25(24)28(31)34/h6-13,20,22,24-25H,4-5,14-15H2,1-3H3,(H,30,32)/t20-,22+,24+,25-/m0/s1. The molecule has 1 N–H and O–H groups in total. The van der Waals surface area contributed by atoms with Crippen LogP contribution in [0.25, 0.3) is 0 Å². The van der Waals surface area contributed by atoms with Crippen LogP contribution in [0.5, 0.6) is 0 Å². The first-order valence-corrected chi connectivity index (χ1v) is 12.6. The van der Waals surface area contributed by atoms with E-state index in [1.165, 1.54) is 16.5 Å². The molecule has 5 rings (SSSR count). The summed E-state index contributed by atoms with van der Waals surface area (Å²) in [5.74, 6) is -1.91. The number of ether oxygens (including phenoxy) is 1. The Balaban J connectivity index is 1.26. The predicted molar refractivity (Wildman–Crippen MR) is 135 cm³/mol. The van der Waals surface area contributed by atoms with Gasteiger partial charge in [0.05, 0.1) is 23.1 Å². The van der Waals surface area contributed by atoms with E-state index in [-0.39, 0.29) is 41.0 Å². The van der Waals surface area contributed by atoms with Crippen molar-refractivity contribution in [3.63, 3.8) is 0 Å². The van der Waals surface area contributed by atoms with Crippen molar-refractivity contribution in [2.24, 2.45) is 23.7 Å². The number of hydrogen-bond donors (Lipinski definition) is 1. The number of carbonyl (C=O) groups is 4. The molecule has 1 saturated carbocycles. The van der Waals surface area contributed by atoms with Crippen molar-refractivity contribution in [2.45, 2.75) is 40.0 Å². The molecule has 0 radical (unpaired) electrons. The molecule has 1 saturated heterocycles. The second-order valence-electron chi connectivity index (χ2n) is 9.81. The van der Waals surface area contributed by atoms with E-state index in [1.54, 1.807) is 18.2 Å². The normalized spacial score (nSPS) is 24.1. The van der Waals surface area contributed by atoms with Crippen LogP contribution in [0.2, 0.25) is 0 Å². The first-order valence-electron chi connectivity index (χ1n) is 12.6. The van der Waals surface area contributed by atoms with Crippen LogP contribution >= 0.6 is 0 Å². The topological polar surface area (TPSA) is 92.8 Å². The number of amides is 3. The maximum atomic E-state index is 13.2. The van der Waals surface area contributed by atoms with Gasteiger partial charge in [0.1, 0.15) is 0 Å². The summed E-state index contributed by atoms with van der Waals surface area (Å²) in [5.41, 5.74) is 4.53. The average Bonchev–Trinajstić information content (AvgIpc) is 3.52. The predicted octanol–water partition coefficient (Wildman–Crippen LogP) is 4.31. The van der Waals surface area contributed by atoms with E-state index in [9.17, 15) is 19.2 Å². The molecular weight excluding hydrogens is 456 g/mol. The smallest absolute Gasteiger partial charge is 0.338 e. The fraction of sp³-hybridized carbons (Fsp3) is 0.379. The van der Waals surface area contributed by atoms with Gasteiger partial charge in [-0.05, 0) is 67.3 Å². The van der Waals surface area contributed by atoms with Gasteiger partial charge in [0.25, 0.3) is 5.91 Å². The molecule has 7 nitrogen and oxygen atoms in total. The van der Waals surface area contributed by atoms with Crippen molar-refractivity contribution in [1.82, 2.24) is 0 Å². The Hall–Kier alpha value is -3.74. The number of allylic oxidation sites excluding steroid dienone is 2. The molecule has 3 aliphatic rings. The van der Waals surface area contributed by atoms with Crippen molar-refractivity contribution in [3.05, 3.63) is 70.8 Å². The van der Waals surface area contributed by atoms with Crippen LogP contribution in [-0.4, -0.2) is 30.3 Å². The molecule has 1 heterocycles. The molecule has 0 unspecified atom stereocenters. The zero-order chi connectivity index (χ0) is 25.6. The summed E-state index contributed by atoms with van der Waals surface area (Å²) in [6.07, 6.45) is 4.52. The third-order valence-electron chi connectivity index (χ3n) is 7.82. The molecule has 2 aromatic rings. The Morgan fingerprint density at radius 1 is 1.00 bits per heavy atom. The van der Waals surface area contributed by atoms with E-state index in [4.69, 9.17) is 4.74 Å². The zero-order valence-corrected chi connectivity index (χ0v) is 20.7. The van der Waals surface area contributed by atoms with Gasteiger partial charge in [0.15, 0.2) is 6.61 Å². The lowest BCUT2D eigenvalue weighted by Gasteiger charge is -2.19. The SMILES string of the molecule is CCc1cccc(CC)c1NC(=O)COC(=O)c1cccc(N2C(=O)[C@@H]3[C@H](C2=O)[C@H]2C=C(C)[C@H]3C2)c1. The summed E-state index contributed by atoms with van der Waals surface area (Å²) in [7, 11) is 0. The summed E-state index contributed by atoms with van der Waals surface area (Å²) < 4.78 is 5.27. The van der Waals surface area contributed by atoms with Gasteiger partial charge in [0, 0.05) is 5.69 Å². The third-order valence-corrected chi connectivity index (χ3v) is 7.82. The van der Waals surface area contributed by atoms with Gasteiger partial charge in [-0.1, -0.05) is 49.8 Å². The van der Waals surface area contributed by atoms with E-state index in [0.717, 1.165) is 36.1 Å². The highest BCUT2D eigenvalue weighted by molar-refractivity contribution is 6.23. The zero-order valence-electron chi connectivity index (χ0n) is 20.7. The van der Waals surface area contributed by atoms with E-state index in [1.807, 2.05) is 39.0 Å². The number of anilines is 2. The molecule has 2 bridgehead atoms. The summed E-state index contributed by atoms with van der Waals surface area (Å²) >= 11 is 0. The van der Waals surface area contributed by atoms with E-state index in [2.05, 4.69) is 11.4 Å². The molecular formula is C29H30N2O5. The van der Waals surface area contributed by atoms with Crippen LogP contribution in [-0.2, 0) is 32.0 Å². The lowest BCUT2D eigenvalue weighted by Crippen LogP contribution is -2.33. The second-order valence-corrected chi connectivity index (χ2v) is 9.81. The lowest BCUT2D eigenvalue weighted by molar-refractivity contribution is -0.123.